The van der Waals surface area contributed by atoms with E-state index in [1.807, 2.05) is 43.3 Å². The number of rotatable bonds is 7. The lowest BCUT2D eigenvalue weighted by molar-refractivity contribution is -0.117. The van der Waals surface area contributed by atoms with Crippen molar-refractivity contribution in [2.75, 3.05) is 25.5 Å². The normalized spacial score (nSPS) is 10.9. The Kier molecular flexibility index (Phi) is 6.53. The van der Waals surface area contributed by atoms with E-state index < -0.39 is 0 Å². The average Bonchev–Trinajstić information content (AvgIpc) is 3.08. The molecule has 0 saturated heterocycles. The summed E-state index contributed by atoms with van der Waals surface area (Å²) < 4.78 is 5.10. The Bertz CT molecular complexity index is 708. The molecule has 0 aliphatic heterocycles. The summed E-state index contributed by atoms with van der Waals surface area (Å²) in [6, 6.07) is 4.04. The highest BCUT2D eigenvalue weighted by Gasteiger charge is 2.22. The number of anilines is 1. The number of hydrogen-bond acceptors (Lipinski definition) is 6. The zero-order chi connectivity index (χ0) is 17.7. The van der Waals surface area contributed by atoms with E-state index in [1.165, 1.54) is 16.2 Å². The highest BCUT2D eigenvalue weighted by Crippen LogP contribution is 2.33. The third kappa shape index (κ3) is 4.66. The van der Waals surface area contributed by atoms with Gasteiger partial charge in [0.25, 0.3) is 0 Å². The van der Waals surface area contributed by atoms with Crippen LogP contribution in [0.2, 0.25) is 0 Å². The molecular weight excluding hydrogens is 344 g/mol. The Morgan fingerprint density at radius 2 is 2.08 bits per heavy atom. The molecule has 5 nitrogen and oxygen atoms in total. The van der Waals surface area contributed by atoms with Gasteiger partial charge < -0.3 is 10.1 Å². The van der Waals surface area contributed by atoms with Gasteiger partial charge in [0.15, 0.2) is 0 Å². The molecule has 2 aromatic heterocycles. The molecule has 0 aliphatic rings. The molecule has 0 fully saturated rings. The Morgan fingerprint density at radius 3 is 2.71 bits per heavy atom. The lowest BCUT2D eigenvalue weighted by Crippen LogP contribution is -2.29. The minimum atomic E-state index is -0.387. The number of ether oxygens (including phenoxy) is 1. The molecule has 0 aromatic carbocycles. The fraction of sp³-hybridized carbons (Fsp3) is 0.412. The molecule has 1 N–H and O–H groups in total. The van der Waals surface area contributed by atoms with Gasteiger partial charge in [-0.05, 0) is 44.8 Å². The first-order valence-electron chi connectivity index (χ1n) is 7.70. The molecule has 0 aliphatic carbocycles. The molecule has 0 unspecified atom stereocenters. The summed E-state index contributed by atoms with van der Waals surface area (Å²) in [5.41, 5.74) is 1.33. The number of carbonyl (C=O) groups is 2. The molecular formula is C17H22N2O3S2. The van der Waals surface area contributed by atoms with Crippen molar-refractivity contribution in [2.24, 2.45) is 0 Å². The van der Waals surface area contributed by atoms with E-state index in [1.54, 1.807) is 18.3 Å². The topological polar surface area (TPSA) is 58.6 Å². The number of nitrogens with zero attached hydrogens (tertiary/aromatic N) is 1. The number of thiophene rings is 2. The molecule has 2 aromatic rings. The molecule has 0 saturated carbocycles. The number of hydrogen-bond donors (Lipinski definition) is 1. The predicted octanol–water partition coefficient (Wildman–Crippen LogP) is 3.67. The van der Waals surface area contributed by atoms with Crippen molar-refractivity contribution in [1.29, 1.82) is 0 Å². The van der Waals surface area contributed by atoms with Gasteiger partial charge >= 0.3 is 5.97 Å². The SMILES string of the molecule is CCOC(=O)c1c(NC(=O)CN(C)Cc2cccs2)sc(C)c1C. The van der Waals surface area contributed by atoms with Crippen LogP contribution in [0.1, 0.15) is 32.6 Å². The lowest BCUT2D eigenvalue weighted by Gasteiger charge is -2.15. The number of amides is 1. The van der Waals surface area contributed by atoms with E-state index in [9.17, 15) is 9.59 Å². The summed E-state index contributed by atoms with van der Waals surface area (Å²) in [4.78, 5) is 28.6. The van der Waals surface area contributed by atoms with Crippen molar-refractivity contribution in [3.8, 4) is 0 Å². The van der Waals surface area contributed by atoms with Crippen molar-refractivity contribution < 1.29 is 14.3 Å². The van der Waals surface area contributed by atoms with E-state index in [0.717, 1.165) is 17.0 Å². The van der Waals surface area contributed by atoms with Gasteiger partial charge in [0.05, 0.1) is 18.7 Å². The van der Waals surface area contributed by atoms with Crippen LogP contribution in [0.3, 0.4) is 0 Å². The zero-order valence-corrected chi connectivity index (χ0v) is 16.0. The number of aryl methyl sites for hydroxylation is 1. The maximum Gasteiger partial charge on any atom is 0.341 e. The molecule has 24 heavy (non-hydrogen) atoms. The average molecular weight is 367 g/mol. The van der Waals surface area contributed by atoms with Crippen molar-refractivity contribution in [3.63, 3.8) is 0 Å². The summed E-state index contributed by atoms with van der Waals surface area (Å²) in [6.45, 7) is 6.86. The first-order valence-corrected chi connectivity index (χ1v) is 9.39. The van der Waals surface area contributed by atoms with Crippen LogP contribution in [0.25, 0.3) is 0 Å². The Hall–Kier alpha value is -1.70. The van der Waals surface area contributed by atoms with Gasteiger partial charge in [-0.25, -0.2) is 4.79 Å². The second kappa shape index (κ2) is 8.41. The second-order valence-electron chi connectivity index (χ2n) is 5.51. The van der Waals surface area contributed by atoms with Crippen molar-refractivity contribution in [1.82, 2.24) is 4.90 Å². The minimum absolute atomic E-state index is 0.138. The molecule has 0 atom stereocenters. The smallest absolute Gasteiger partial charge is 0.341 e. The molecule has 7 heteroatoms. The van der Waals surface area contributed by atoms with Crippen molar-refractivity contribution in [3.05, 3.63) is 38.4 Å². The van der Waals surface area contributed by atoms with Crippen LogP contribution in [-0.4, -0.2) is 37.0 Å². The standard InChI is InChI=1S/C17H22N2O3S2/c1-5-22-17(21)15-11(2)12(3)24-16(15)18-14(20)10-19(4)9-13-7-6-8-23-13/h6-8H,5,9-10H2,1-4H3,(H,18,20). The van der Waals surface area contributed by atoms with E-state index in [4.69, 9.17) is 4.74 Å². The fourth-order valence-corrected chi connectivity index (χ4v) is 4.15. The van der Waals surface area contributed by atoms with Gasteiger partial charge in [0.1, 0.15) is 5.00 Å². The largest absolute Gasteiger partial charge is 0.462 e. The summed E-state index contributed by atoms with van der Waals surface area (Å²) in [7, 11) is 1.90. The fourth-order valence-electron chi connectivity index (χ4n) is 2.30. The quantitative estimate of drug-likeness (QED) is 0.760. The molecule has 0 spiro atoms. The van der Waals surface area contributed by atoms with E-state index >= 15 is 0 Å². The number of likely N-dealkylation sites (N-methyl/N-ethyl adjacent to an activating group) is 1. The second-order valence-corrected chi connectivity index (χ2v) is 7.76. The third-order valence-electron chi connectivity index (χ3n) is 3.54. The van der Waals surface area contributed by atoms with Crippen molar-refractivity contribution in [2.45, 2.75) is 27.3 Å². The maximum absolute atomic E-state index is 12.3. The Balaban J connectivity index is 2.03. The third-order valence-corrected chi connectivity index (χ3v) is 5.52. The lowest BCUT2D eigenvalue weighted by atomic mass is 10.1. The molecule has 0 bridgehead atoms. The molecule has 0 radical (unpaired) electrons. The highest BCUT2D eigenvalue weighted by atomic mass is 32.1. The first-order chi connectivity index (χ1) is 11.4. The van der Waals surface area contributed by atoms with Crippen LogP contribution >= 0.6 is 22.7 Å². The molecule has 1 amide bonds. The van der Waals surface area contributed by atoms with E-state index in [0.29, 0.717) is 17.2 Å². The van der Waals surface area contributed by atoms with Gasteiger partial charge in [0.2, 0.25) is 5.91 Å². The summed E-state index contributed by atoms with van der Waals surface area (Å²) in [5.74, 6) is -0.526. The van der Waals surface area contributed by atoms with Crippen LogP contribution in [0.15, 0.2) is 17.5 Å². The number of carbonyl (C=O) groups excluding carboxylic acids is 2. The maximum atomic E-state index is 12.3. The summed E-state index contributed by atoms with van der Waals surface area (Å²) in [6.07, 6.45) is 0. The Morgan fingerprint density at radius 1 is 1.33 bits per heavy atom. The predicted molar refractivity (Wildman–Crippen MR) is 99.0 cm³/mol. The van der Waals surface area contributed by atoms with Crippen molar-refractivity contribution >= 4 is 39.6 Å². The molecule has 130 valence electrons. The van der Waals surface area contributed by atoms with Gasteiger partial charge in [-0.3, -0.25) is 9.69 Å². The summed E-state index contributed by atoms with van der Waals surface area (Å²) in [5, 5.41) is 5.45. The van der Waals surface area contributed by atoms with Crippen LogP contribution in [0, 0.1) is 13.8 Å². The van der Waals surface area contributed by atoms with Gasteiger partial charge in [-0.15, -0.1) is 22.7 Å². The Labute approximate surface area is 150 Å². The van der Waals surface area contributed by atoms with E-state index in [2.05, 4.69) is 5.32 Å². The van der Waals surface area contributed by atoms with Crippen LogP contribution in [0.4, 0.5) is 5.00 Å². The van der Waals surface area contributed by atoms with Gasteiger partial charge in [-0.1, -0.05) is 6.07 Å². The van der Waals surface area contributed by atoms with Crippen LogP contribution in [-0.2, 0) is 16.1 Å². The number of esters is 1. The molecule has 2 heterocycles. The van der Waals surface area contributed by atoms with Crippen LogP contribution in [0.5, 0.6) is 0 Å². The number of nitrogens with one attached hydrogen (secondary N) is 1. The molecule has 2 rings (SSSR count). The van der Waals surface area contributed by atoms with Gasteiger partial charge in [0, 0.05) is 16.3 Å². The summed E-state index contributed by atoms with van der Waals surface area (Å²) >= 11 is 3.07. The highest BCUT2D eigenvalue weighted by molar-refractivity contribution is 7.16. The van der Waals surface area contributed by atoms with Gasteiger partial charge in [-0.2, -0.15) is 0 Å². The van der Waals surface area contributed by atoms with Crippen LogP contribution < -0.4 is 5.32 Å². The monoisotopic (exact) mass is 366 g/mol. The minimum Gasteiger partial charge on any atom is -0.462 e. The first kappa shape index (κ1) is 18.6. The van der Waals surface area contributed by atoms with E-state index in [-0.39, 0.29) is 18.4 Å². The zero-order valence-electron chi connectivity index (χ0n) is 14.3.